The summed E-state index contributed by atoms with van der Waals surface area (Å²) < 4.78 is 39.3. The number of ether oxygens (including phenoxy) is 1. The van der Waals surface area contributed by atoms with E-state index in [4.69, 9.17) is 15.9 Å². The maximum Gasteiger partial charge on any atom is 0.573 e. The number of nitrogens with two attached hydrogens (primary N) is 1. The van der Waals surface area contributed by atoms with Crippen molar-refractivity contribution in [3.63, 3.8) is 0 Å². The van der Waals surface area contributed by atoms with Crippen molar-refractivity contribution in [2.45, 2.75) is 12.4 Å². The zero-order chi connectivity index (χ0) is 12.3. The average Bonchev–Trinajstić information content (AvgIpc) is 2.18. The number of alkyl halides is 3. The smallest absolute Gasteiger partial charge is 0.504 e. The number of aliphatic hydroxyl groups excluding tert-OH is 1. The fourth-order valence-electron chi connectivity index (χ4n) is 1.07. The highest BCUT2D eigenvalue weighted by molar-refractivity contribution is 5.42. The van der Waals surface area contributed by atoms with Crippen molar-refractivity contribution in [2.75, 3.05) is 6.61 Å². The highest BCUT2D eigenvalue weighted by Gasteiger charge is 2.32. The zero-order valence-corrected chi connectivity index (χ0v) is 8.03. The third-order valence-corrected chi connectivity index (χ3v) is 1.83. The van der Waals surface area contributed by atoms with Gasteiger partial charge in [0.15, 0.2) is 11.5 Å². The van der Waals surface area contributed by atoms with Crippen LogP contribution in [0.3, 0.4) is 0 Å². The van der Waals surface area contributed by atoms with Crippen LogP contribution in [0.2, 0.25) is 0 Å². The SMILES string of the molecule is N[C@@H](CO)c1ccc(O)c(OC(F)(F)F)c1. The number of hydrogen-bond donors (Lipinski definition) is 3. The monoisotopic (exact) mass is 237 g/mol. The first-order valence-electron chi connectivity index (χ1n) is 4.28. The van der Waals surface area contributed by atoms with Crippen LogP contribution in [0, 0.1) is 0 Å². The molecule has 0 aliphatic heterocycles. The van der Waals surface area contributed by atoms with Gasteiger partial charge in [-0.3, -0.25) is 0 Å². The molecular weight excluding hydrogens is 227 g/mol. The van der Waals surface area contributed by atoms with Crippen LogP contribution in [0.5, 0.6) is 11.5 Å². The molecule has 1 aromatic rings. The van der Waals surface area contributed by atoms with E-state index in [0.717, 1.165) is 12.1 Å². The van der Waals surface area contributed by atoms with E-state index in [-0.39, 0.29) is 5.56 Å². The lowest BCUT2D eigenvalue weighted by Crippen LogP contribution is -2.18. The number of phenols is 1. The van der Waals surface area contributed by atoms with E-state index in [1.807, 2.05) is 0 Å². The molecule has 1 rings (SSSR count). The fraction of sp³-hybridized carbons (Fsp3) is 0.333. The molecule has 90 valence electrons. The van der Waals surface area contributed by atoms with Crippen LogP contribution in [0.25, 0.3) is 0 Å². The third kappa shape index (κ3) is 3.28. The minimum absolute atomic E-state index is 0.236. The molecule has 0 saturated carbocycles. The average molecular weight is 237 g/mol. The second-order valence-corrected chi connectivity index (χ2v) is 3.06. The Kier molecular flexibility index (Phi) is 3.61. The van der Waals surface area contributed by atoms with Gasteiger partial charge in [0, 0.05) is 0 Å². The number of benzene rings is 1. The Morgan fingerprint density at radius 2 is 2.00 bits per heavy atom. The Bertz CT molecular complexity index is 368. The lowest BCUT2D eigenvalue weighted by Gasteiger charge is -2.13. The summed E-state index contributed by atoms with van der Waals surface area (Å²) >= 11 is 0. The summed E-state index contributed by atoms with van der Waals surface area (Å²) in [5, 5.41) is 17.9. The Morgan fingerprint density at radius 1 is 1.38 bits per heavy atom. The minimum Gasteiger partial charge on any atom is -0.504 e. The van der Waals surface area contributed by atoms with Gasteiger partial charge in [-0.05, 0) is 17.7 Å². The molecule has 0 fully saturated rings. The van der Waals surface area contributed by atoms with E-state index in [2.05, 4.69) is 4.74 Å². The van der Waals surface area contributed by atoms with E-state index in [0.29, 0.717) is 0 Å². The summed E-state index contributed by atoms with van der Waals surface area (Å²) in [6, 6.07) is 2.44. The summed E-state index contributed by atoms with van der Waals surface area (Å²) in [6.45, 7) is -0.420. The quantitative estimate of drug-likeness (QED) is 0.740. The molecule has 0 unspecified atom stereocenters. The van der Waals surface area contributed by atoms with Crippen LogP contribution in [-0.4, -0.2) is 23.2 Å². The molecule has 4 N–H and O–H groups in total. The molecule has 0 aliphatic rings. The van der Waals surface area contributed by atoms with Crippen LogP contribution in [0.4, 0.5) is 13.2 Å². The van der Waals surface area contributed by atoms with E-state index >= 15 is 0 Å². The van der Waals surface area contributed by atoms with Gasteiger partial charge in [-0.25, -0.2) is 0 Å². The second-order valence-electron chi connectivity index (χ2n) is 3.06. The fourth-order valence-corrected chi connectivity index (χ4v) is 1.07. The number of aliphatic hydroxyl groups is 1. The maximum absolute atomic E-state index is 11.9. The van der Waals surface area contributed by atoms with Gasteiger partial charge in [0.1, 0.15) is 0 Å². The molecule has 0 aromatic heterocycles. The van der Waals surface area contributed by atoms with Gasteiger partial charge < -0.3 is 20.7 Å². The molecule has 0 bridgehead atoms. The molecule has 1 atom stereocenters. The summed E-state index contributed by atoms with van der Waals surface area (Å²) in [7, 11) is 0. The first-order chi connectivity index (χ1) is 7.33. The van der Waals surface area contributed by atoms with Gasteiger partial charge >= 0.3 is 6.36 Å². The van der Waals surface area contributed by atoms with Crippen molar-refractivity contribution in [3.8, 4) is 11.5 Å². The van der Waals surface area contributed by atoms with Crippen molar-refractivity contribution in [1.82, 2.24) is 0 Å². The zero-order valence-electron chi connectivity index (χ0n) is 8.03. The van der Waals surface area contributed by atoms with Crippen molar-refractivity contribution in [2.24, 2.45) is 5.73 Å². The van der Waals surface area contributed by atoms with Gasteiger partial charge in [0.2, 0.25) is 0 Å². The van der Waals surface area contributed by atoms with Crippen LogP contribution in [-0.2, 0) is 0 Å². The maximum atomic E-state index is 11.9. The molecule has 0 heterocycles. The highest BCUT2D eigenvalue weighted by Crippen LogP contribution is 2.33. The summed E-state index contributed by atoms with van der Waals surface area (Å²) in [5.74, 6) is -1.39. The largest absolute Gasteiger partial charge is 0.573 e. The topological polar surface area (TPSA) is 75.7 Å². The molecule has 1 aromatic carbocycles. The van der Waals surface area contributed by atoms with Gasteiger partial charge in [-0.1, -0.05) is 6.07 Å². The molecule has 0 radical (unpaired) electrons. The highest BCUT2D eigenvalue weighted by atomic mass is 19.4. The number of rotatable bonds is 3. The van der Waals surface area contributed by atoms with E-state index in [1.165, 1.54) is 6.07 Å². The molecule has 4 nitrogen and oxygen atoms in total. The summed E-state index contributed by atoms with van der Waals surface area (Å²) in [5.41, 5.74) is 5.64. The van der Waals surface area contributed by atoms with E-state index in [9.17, 15) is 13.2 Å². The summed E-state index contributed by atoms with van der Waals surface area (Å²) in [4.78, 5) is 0. The summed E-state index contributed by atoms with van der Waals surface area (Å²) in [6.07, 6.45) is -4.89. The van der Waals surface area contributed by atoms with Crippen LogP contribution in [0.15, 0.2) is 18.2 Å². The molecule has 0 spiro atoms. The van der Waals surface area contributed by atoms with E-state index in [1.54, 1.807) is 0 Å². The Morgan fingerprint density at radius 3 is 2.50 bits per heavy atom. The standard InChI is InChI=1S/C9H10F3NO3/c10-9(11,12)16-8-3-5(6(13)4-14)1-2-7(8)15/h1-3,6,14-15H,4,13H2/t6-/m0/s1. The lowest BCUT2D eigenvalue weighted by molar-refractivity contribution is -0.275. The number of halogens is 3. The minimum atomic E-state index is -4.89. The van der Waals surface area contributed by atoms with Crippen molar-refractivity contribution in [3.05, 3.63) is 23.8 Å². The Balaban J connectivity index is 2.99. The van der Waals surface area contributed by atoms with Crippen LogP contribution >= 0.6 is 0 Å². The first-order valence-corrected chi connectivity index (χ1v) is 4.28. The molecule has 0 amide bonds. The van der Waals surface area contributed by atoms with Crippen LogP contribution < -0.4 is 10.5 Å². The first kappa shape index (κ1) is 12.6. The number of aromatic hydroxyl groups is 1. The molecule has 7 heteroatoms. The Labute approximate surface area is 89.1 Å². The Hall–Kier alpha value is -1.47. The molecule has 16 heavy (non-hydrogen) atoms. The third-order valence-electron chi connectivity index (χ3n) is 1.83. The van der Waals surface area contributed by atoms with E-state index < -0.39 is 30.5 Å². The second kappa shape index (κ2) is 4.58. The number of hydrogen-bond acceptors (Lipinski definition) is 4. The van der Waals surface area contributed by atoms with Crippen LogP contribution in [0.1, 0.15) is 11.6 Å². The number of phenolic OH excluding ortho intramolecular Hbond substituents is 1. The predicted octanol–water partition coefficient (Wildman–Crippen LogP) is 1.28. The van der Waals surface area contributed by atoms with Crippen molar-refractivity contribution in [1.29, 1.82) is 0 Å². The van der Waals surface area contributed by atoms with Gasteiger partial charge in [-0.15, -0.1) is 13.2 Å². The lowest BCUT2D eigenvalue weighted by atomic mass is 10.1. The normalized spacial score (nSPS) is 13.6. The molecule has 0 saturated heterocycles. The van der Waals surface area contributed by atoms with Gasteiger partial charge in [0.25, 0.3) is 0 Å². The molecular formula is C9H10F3NO3. The predicted molar refractivity (Wildman–Crippen MR) is 48.8 cm³/mol. The van der Waals surface area contributed by atoms with Crippen molar-refractivity contribution < 1.29 is 28.1 Å². The van der Waals surface area contributed by atoms with Crippen molar-refractivity contribution >= 4 is 0 Å². The molecule has 0 aliphatic carbocycles. The van der Waals surface area contributed by atoms with Gasteiger partial charge in [0.05, 0.1) is 12.6 Å². The van der Waals surface area contributed by atoms with Gasteiger partial charge in [-0.2, -0.15) is 0 Å².